The SMILES string of the molecule is COc1nc(NC2CC(C)(NC(C)=O)C2)nc2[nH]cc(-c3ccc4nnccc4c3)c12. The van der Waals surface area contributed by atoms with Crippen LogP contribution in [0, 0.1) is 0 Å². The largest absolute Gasteiger partial charge is 0.480 e. The first kappa shape index (κ1) is 19.2. The number of amides is 1. The van der Waals surface area contributed by atoms with E-state index in [4.69, 9.17) is 4.74 Å². The Bertz CT molecular complexity index is 1290. The van der Waals surface area contributed by atoms with Crippen LogP contribution in [0.1, 0.15) is 26.7 Å². The maximum absolute atomic E-state index is 11.4. The van der Waals surface area contributed by atoms with Crippen LogP contribution in [0.25, 0.3) is 33.1 Å². The van der Waals surface area contributed by atoms with E-state index in [9.17, 15) is 4.79 Å². The molecule has 9 nitrogen and oxygen atoms in total. The van der Waals surface area contributed by atoms with Gasteiger partial charge in [0.15, 0.2) is 0 Å². The summed E-state index contributed by atoms with van der Waals surface area (Å²) in [5.74, 6) is 0.988. The highest BCUT2D eigenvalue weighted by molar-refractivity contribution is 5.99. The molecule has 0 atom stereocenters. The van der Waals surface area contributed by atoms with E-state index in [0.29, 0.717) is 17.5 Å². The van der Waals surface area contributed by atoms with Crippen LogP contribution in [-0.2, 0) is 4.79 Å². The van der Waals surface area contributed by atoms with Crippen molar-refractivity contribution >= 4 is 33.8 Å². The summed E-state index contributed by atoms with van der Waals surface area (Å²) in [6.07, 6.45) is 5.22. The molecular formula is C22H23N7O2. The lowest BCUT2D eigenvalue weighted by Crippen LogP contribution is -2.59. The van der Waals surface area contributed by atoms with E-state index < -0.39 is 0 Å². The minimum Gasteiger partial charge on any atom is -0.480 e. The molecule has 4 aromatic rings. The predicted octanol–water partition coefficient (Wildman–Crippen LogP) is 3.05. The van der Waals surface area contributed by atoms with Gasteiger partial charge in [-0.1, -0.05) is 6.07 Å². The standard InChI is InChI=1S/C22H23N7O2/c1-12(30)28-22(2)9-15(10-22)25-21-26-19-18(20(27-21)31-3)16(11-23-19)13-4-5-17-14(8-13)6-7-24-29-17/h4-8,11,15H,9-10H2,1-3H3,(H,28,30)(H2,23,25,26,27). The number of aromatic amines is 1. The number of anilines is 1. The third kappa shape index (κ3) is 3.52. The average molecular weight is 417 g/mol. The second kappa shape index (κ2) is 7.19. The topological polar surface area (TPSA) is 118 Å². The lowest BCUT2D eigenvalue weighted by molar-refractivity contribution is -0.121. The Morgan fingerprint density at radius 2 is 2.10 bits per heavy atom. The Balaban J connectivity index is 1.45. The van der Waals surface area contributed by atoms with Gasteiger partial charge in [0.05, 0.1) is 24.2 Å². The van der Waals surface area contributed by atoms with E-state index in [2.05, 4.69) is 41.8 Å². The quantitative estimate of drug-likeness (QED) is 0.457. The molecule has 0 spiro atoms. The molecule has 1 amide bonds. The van der Waals surface area contributed by atoms with Crippen LogP contribution in [0.15, 0.2) is 36.7 Å². The Morgan fingerprint density at radius 1 is 1.26 bits per heavy atom. The predicted molar refractivity (Wildman–Crippen MR) is 118 cm³/mol. The molecule has 5 rings (SSSR count). The molecule has 0 radical (unpaired) electrons. The smallest absolute Gasteiger partial charge is 0.228 e. The van der Waals surface area contributed by atoms with Gasteiger partial charge in [-0.3, -0.25) is 4.79 Å². The van der Waals surface area contributed by atoms with Crippen molar-refractivity contribution in [1.29, 1.82) is 0 Å². The number of carbonyl (C=O) groups excluding carboxylic acids is 1. The summed E-state index contributed by atoms with van der Waals surface area (Å²) in [7, 11) is 1.61. The minimum atomic E-state index is -0.183. The number of H-pyrrole nitrogens is 1. The normalized spacial score (nSPS) is 20.4. The second-order valence-corrected chi connectivity index (χ2v) is 8.28. The van der Waals surface area contributed by atoms with Gasteiger partial charge in [0.2, 0.25) is 17.7 Å². The molecule has 1 aromatic carbocycles. The molecule has 158 valence electrons. The fourth-order valence-corrected chi connectivity index (χ4v) is 4.44. The first-order valence-electron chi connectivity index (χ1n) is 10.1. The van der Waals surface area contributed by atoms with Gasteiger partial charge in [-0.15, -0.1) is 0 Å². The monoisotopic (exact) mass is 417 g/mol. The van der Waals surface area contributed by atoms with Gasteiger partial charge in [0.1, 0.15) is 5.65 Å². The third-order valence-corrected chi connectivity index (χ3v) is 5.72. The highest BCUT2D eigenvalue weighted by atomic mass is 16.5. The fraction of sp³-hybridized carbons (Fsp3) is 0.318. The second-order valence-electron chi connectivity index (χ2n) is 8.28. The van der Waals surface area contributed by atoms with Gasteiger partial charge in [-0.25, -0.2) is 0 Å². The lowest BCUT2D eigenvalue weighted by atomic mass is 9.74. The molecule has 3 aromatic heterocycles. The molecule has 0 saturated heterocycles. The summed E-state index contributed by atoms with van der Waals surface area (Å²) in [4.78, 5) is 23.9. The van der Waals surface area contributed by atoms with E-state index in [-0.39, 0.29) is 17.5 Å². The molecule has 0 unspecified atom stereocenters. The summed E-state index contributed by atoms with van der Waals surface area (Å²) in [6.45, 7) is 3.59. The average Bonchev–Trinajstić information content (AvgIpc) is 3.15. The zero-order valence-corrected chi connectivity index (χ0v) is 17.6. The van der Waals surface area contributed by atoms with Crippen LogP contribution in [-0.4, -0.2) is 49.7 Å². The van der Waals surface area contributed by atoms with Crippen molar-refractivity contribution in [3.63, 3.8) is 0 Å². The van der Waals surface area contributed by atoms with Crippen LogP contribution < -0.4 is 15.4 Å². The highest BCUT2D eigenvalue weighted by Gasteiger charge is 2.41. The third-order valence-electron chi connectivity index (χ3n) is 5.72. The van der Waals surface area contributed by atoms with Crippen molar-refractivity contribution in [2.45, 2.75) is 38.3 Å². The van der Waals surface area contributed by atoms with Crippen molar-refractivity contribution in [2.75, 3.05) is 12.4 Å². The molecular weight excluding hydrogens is 394 g/mol. The summed E-state index contributed by atoms with van der Waals surface area (Å²) in [5, 5.41) is 16.3. The molecule has 1 aliphatic carbocycles. The van der Waals surface area contributed by atoms with E-state index in [1.807, 2.05) is 31.3 Å². The molecule has 1 aliphatic rings. The molecule has 3 N–H and O–H groups in total. The number of aromatic nitrogens is 5. The van der Waals surface area contributed by atoms with Gasteiger partial charge in [0.25, 0.3) is 0 Å². The van der Waals surface area contributed by atoms with Gasteiger partial charge in [-0.05, 0) is 43.5 Å². The van der Waals surface area contributed by atoms with Crippen molar-refractivity contribution in [2.24, 2.45) is 0 Å². The number of nitrogens with zero attached hydrogens (tertiary/aromatic N) is 4. The number of benzene rings is 1. The Morgan fingerprint density at radius 3 is 2.87 bits per heavy atom. The molecule has 1 saturated carbocycles. The Hall–Kier alpha value is -3.75. The van der Waals surface area contributed by atoms with Gasteiger partial charge >= 0.3 is 0 Å². The van der Waals surface area contributed by atoms with Crippen LogP contribution in [0.3, 0.4) is 0 Å². The van der Waals surface area contributed by atoms with Gasteiger partial charge in [-0.2, -0.15) is 20.2 Å². The minimum absolute atomic E-state index is 0.0139. The maximum atomic E-state index is 11.4. The van der Waals surface area contributed by atoms with Crippen LogP contribution in [0.4, 0.5) is 5.95 Å². The Kier molecular flexibility index (Phi) is 4.46. The van der Waals surface area contributed by atoms with E-state index in [0.717, 1.165) is 40.3 Å². The first-order valence-corrected chi connectivity index (χ1v) is 10.1. The van der Waals surface area contributed by atoms with E-state index >= 15 is 0 Å². The number of hydrogen-bond acceptors (Lipinski definition) is 7. The summed E-state index contributed by atoms with van der Waals surface area (Å²) in [6, 6.07) is 8.14. The number of fused-ring (bicyclic) bond motifs is 2. The Labute approximate surface area is 178 Å². The fourth-order valence-electron chi connectivity index (χ4n) is 4.44. The van der Waals surface area contributed by atoms with Crippen molar-refractivity contribution in [1.82, 2.24) is 30.5 Å². The summed E-state index contributed by atoms with van der Waals surface area (Å²) >= 11 is 0. The van der Waals surface area contributed by atoms with Gasteiger partial charge < -0.3 is 20.4 Å². The molecule has 0 bridgehead atoms. The van der Waals surface area contributed by atoms with Crippen LogP contribution in [0.5, 0.6) is 5.88 Å². The molecule has 3 heterocycles. The zero-order chi connectivity index (χ0) is 21.6. The number of methoxy groups -OCH3 is 1. The summed E-state index contributed by atoms with van der Waals surface area (Å²) in [5.41, 5.74) is 3.32. The molecule has 1 fully saturated rings. The number of carbonyl (C=O) groups is 1. The summed E-state index contributed by atoms with van der Waals surface area (Å²) < 4.78 is 5.61. The number of rotatable bonds is 5. The molecule has 9 heteroatoms. The van der Waals surface area contributed by atoms with Crippen molar-refractivity contribution < 1.29 is 9.53 Å². The van der Waals surface area contributed by atoms with Crippen molar-refractivity contribution in [3.8, 4) is 17.0 Å². The van der Waals surface area contributed by atoms with E-state index in [1.165, 1.54) is 0 Å². The van der Waals surface area contributed by atoms with Crippen LogP contribution >= 0.6 is 0 Å². The van der Waals surface area contributed by atoms with E-state index in [1.54, 1.807) is 20.2 Å². The highest BCUT2D eigenvalue weighted by Crippen LogP contribution is 2.37. The lowest BCUT2D eigenvalue weighted by Gasteiger charge is -2.45. The van der Waals surface area contributed by atoms with Crippen molar-refractivity contribution in [3.05, 3.63) is 36.7 Å². The number of hydrogen-bond donors (Lipinski definition) is 3. The number of nitrogens with one attached hydrogen (secondary N) is 3. The van der Waals surface area contributed by atoms with Crippen LogP contribution in [0.2, 0.25) is 0 Å². The number of ether oxygens (including phenoxy) is 1. The molecule has 31 heavy (non-hydrogen) atoms. The zero-order valence-electron chi connectivity index (χ0n) is 17.6. The maximum Gasteiger partial charge on any atom is 0.228 e. The molecule has 0 aliphatic heterocycles. The first-order chi connectivity index (χ1) is 14.9. The van der Waals surface area contributed by atoms with Gasteiger partial charge in [0, 0.05) is 35.7 Å².